The number of aromatic nitrogens is 1. The maximum atomic E-state index is 12.1. The predicted octanol–water partition coefficient (Wildman–Crippen LogP) is 3.86. The number of ether oxygens (including phenoxy) is 1. The summed E-state index contributed by atoms with van der Waals surface area (Å²) in [6.07, 6.45) is 0.891. The van der Waals surface area contributed by atoms with E-state index in [0.29, 0.717) is 18.7 Å². The summed E-state index contributed by atoms with van der Waals surface area (Å²) in [6.45, 7) is 8.07. The molecule has 0 atom stereocenters. The zero-order valence-electron chi connectivity index (χ0n) is 14.4. The zero-order chi connectivity index (χ0) is 17.0. The van der Waals surface area contributed by atoms with Crippen molar-refractivity contribution in [2.75, 3.05) is 12.4 Å². The molecule has 0 aliphatic rings. The number of nitrogens with zero attached hydrogens (tertiary/aromatic N) is 1. The Morgan fingerprint density at radius 2 is 1.91 bits per heavy atom. The SMILES string of the molecule is COc1ccc(NC(=O)CCc2oc(C(C)(C)C)nc2C)cc1. The quantitative estimate of drug-likeness (QED) is 0.909. The van der Waals surface area contributed by atoms with Crippen LogP contribution in [0.4, 0.5) is 5.69 Å². The van der Waals surface area contributed by atoms with Gasteiger partial charge in [0.05, 0.1) is 12.8 Å². The van der Waals surface area contributed by atoms with Gasteiger partial charge < -0.3 is 14.5 Å². The van der Waals surface area contributed by atoms with E-state index >= 15 is 0 Å². The number of hydrogen-bond acceptors (Lipinski definition) is 4. The maximum Gasteiger partial charge on any atom is 0.224 e. The number of carbonyl (C=O) groups excluding carboxylic acids is 1. The van der Waals surface area contributed by atoms with Crippen molar-refractivity contribution in [3.05, 3.63) is 41.6 Å². The highest BCUT2D eigenvalue weighted by Crippen LogP contribution is 2.24. The van der Waals surface area contributed by atoms with E-state index < -0.39 is 0 Å². The maximum absolute atomic E-state index is 12.1. The van der Waals surface area contributed by atoms with E-state index in [-0.39, 0.29) is 11.3 Å². The van der Waals surface area contributed by atoms with Gasteiger partial charge in [0.2, 0.25) is 5.91 Å². The fraction of sp³-hybridized carbons (Fsp3) is 0.444. The normalized spacial score (nSPS) is 11.3. The topological polar surface area (TPSA) is 64.4 Å². The van der Waals surface area contributed by atoms with Gasteiger partial charge in [-0.25, -0.2) is 4.98 Å². The lowest BCUT2D eigenvalue weighted by molar-refractivity contribution is -0.116. The molecule has 0 spiro atoms. The molecular formula is C18H24N2O3. The molecule has 0 fully saturated rings. The number of benzene rings is 1. The fourth-order valence-corrected chi connectivity index (χ4v) is 2.11. The lowest BCUT2D eigenvalue weighted by atomic mass is 9.97. The minimum absolute atomic E-state index is 0.0525. The minimum atomic E-state index is -0.131. The van der Waals surface area contributed by atoms with Crippen LogP contribution in [0.5, 0.6) is 5.75 Å². The highest BCUT2D eigenvalue weighted by atomic mass is 16.5. The average Bonchev–Trinajstić information content (AvgIpc) is 2.87. The number of amides is 1. The van der Waals surface area contributed by atoms with E-state index in [1.54, 1.807) is 7.11 Å². The average molecular weight is 316 g/mol. The fourth-order valence-electron chi connectivity index (χ4n) is 2.11. The van der Waals surface area contributed by atoms with Crippen LogP contribution in [0.1, 0.15) is 44.5 Å². The van der Waals surface area contributed by atoms with Crippen molar-refractivity contribution in [3.63, 3.8) is 0 Å². The summed E-state index contributed by atoms with van der Waals surface area (Å²) < 4.78 is 10.9. The summed E-state index contributed by atoms with van der Waals surface area (Å²) in [7, 11) is 1.61. The number of aryl methyl sites for hydroxylation is 2. The number of anilines is 1. The van der Waals surface area contributed by atoms with Crippen molar-refractivity contribution in [2.24, 2.45) is 0 Å². The number of nitrogens with one attached hydrogen (secondary N) is 1. The molecule has 0 aliphatic carbocycles. The predicted molar refractivity (Wildman–Crippen MR) is 89.9 cm³/mol. The van der Waals surface area contributed by atoms with Gasteiger partial charge in [-0.2, -0.15) is 0 Å². The van der Waals surface area contributed by atoms with Gasteiger partial charge in [-0.1, -0.05) is 20.8 Å². The second kappa shape index (κ2) is 6.86. The molecule has 1 N–H and O–H groups in total. The Balaban J connectivity index is 1.92. The minimum Gasteiger partial charge on any atom is -0.497 e. The molecule has 5 nitrogen and oxygen atoms in total. The smallest absolute Gasteiger partial charge is 0.224 e. The molecule has 0 bridgehead atoms. The number of oxazole rings is 1. The second-order valence-electron chi connectivity index (χ2n) is 6.55. The highest BCUT2D eigenvalue weighted by Gasteiger charge is 2.22. The first kappa shape index (κ1) is 17.1. The van der Waals surface area contributed by atoms with Crippen molar-refractivity contribution >= 4 is 11.6 Å². The van der Waals surface area contributed by atoms with Crippen molar-refractivity contribution < 1.29 is 13.9 Å². The summed E-state index contributed by atoms with van der Waals surface area (Å²) in [4.78, 5) is 16.5. The van der Waals surface area contributed by atoms with Gasteiger partial charge >= 0.3 is 0 Å². The van der Waals surface area contributed by atoms with E-state index in [2.05, 4.69) is 31.1 Å². The van der Waals surface area contributed by atoms with Gasteiger partial charge in [0, 0.05) is 23.9 Å². The highest BCUT2D eigenvalue weighted by molar-refractivity contribution is 5.90. The second-order valence-corrected chi connectivity index (χ2v) is 6.55. The van der Waals surface area contributed by atoms with Crippen molar-refractivity contribution in [3.8, 4) is 5.75 Å². The van der Waals surface area contributed by atoms with Crippen LogP contribution in [-0.4, -0.2) is 18.0 Å². The molecule has 1 aromatic carbocycles. The Hall–Kier alpha value is -2.30. The van der Waals surface area contributed by atoms with Crippen molar-refractivity contribution in [1.29, 1.82) is 0 Å². The monoisotopic (exact) mass is 316 g/mol. The molecular weight excluding hydrogens is 292 g/mol. The van der Waals surface area contributed by atoms with Crippen LogP contribution in [0.2, 0.25) is 0 Å². The van der Waals surface area contributed by atoms with Crippen LogP contribution < -0.4 is 10.1 Å². The van der Waals surface area contributed by atoms with Crippen LogP contribution in [0.25, 0.3) is 0 Å². The molecule has 0 saturated carbocycles. The summed E-state index contributed by atoms with van der Waals surface area (Å²) in [5.74, 6) is 2.19. The van der Waals surface area contributed by atoms with Gasteiger partial charge in [0.1, 0.15) is 11.5 Å². The van der Waals surface area contributed by atoms with Gasteiger partial charge in [-0.3, -0.25) is 4.79 Å². The van der Waals surface area contributed by atoms with E-state index in [0.717, 1.165) is 22.9 Å². The van der Waals surface area contributed by atoms with Crippen LogP contribution >= 0.6 is 0 Å². The first-order chi connectivity index (χ1) is 10.8. The molecule has 23 heavy (non-hydrogen) atoms. The van der Waals surface area contributed by atoms with Crippen LogP contribution in [0.3, 0.4) is 0 Å². The van der Waals surface area contributed by atoms with Crippen molar-refractivity contribution in [1.82, 2.24) is 4.98 Å². The number of carbonyl (C=O) groups is 1. The third-order valence-electron chi connectivity index (χ3n) is 3.49. The molecule has 1 heterocycles. The van der Waals surface area contributed by atoms with Crippen LogP contribution in [0, 0.1) is 6.92 Å². The van der Waals surface area contributed by atoms with E-state index in [4.69, 9.17) is 9.15 Å². The van der Waals surface area contributed by atoms with Gasteiger partial charge in [0.25, 0.3) is 0 Å². The Morgan fingerprint density at radius 3 is 2.43 bits per heavy atom. The van der Waals surface area contributed by atoms with Gasteiger partial charge in [0.15, 0.2) is 5.89 Å². The summed E-state index contributed by atoms with van der Waals surface area (Å²) in [5, 5.41) is 2.86. The largest absolute Gasteiger partial charge is 0.497 e. The Labute approximate surface area is 137 Å². The lowest BCUT2D eigenvalue weighted by Crippen LogP contribution is -2.12. The van der Waals surface area contributed by atoms with Crippen LogP contribution in [-0.2, 0) is 16.6 Å². The molecule has 0 aliphatic heterocycles. The Kier molecular flexibility index (Phi) is 5.08. The standard InChI is InChI=1S/C18H24N2O3/c1-12-15(23-17(19-12)18(2,3)4)10-11-16(21)20-13-6-8-14(22-5)9-7-13/h6-9H,10-11H2,1-5H3,(H,20,21). The van der Waals surface area contributed by atoms with Gasteiger partial charge in [-0.15, -0.1) is 0 Å². The summed E-state index contributed by atoms with van der Waals surface area (Å²) in [6, 6.07) is 7.25. The lowest BCUT2D eigenvalue weighted by Gasteiger charge is -2.12. The summed E-state index contributed by atoms with van der Waals surface area (Å²) in [5.41, 5.74) is 1.47. The molecule has 0 unspecified atom stereocenters. The first-order valence-corrected chi connectivity index (χ1v) is 7.70. The molecule has 1 amide bonds. The molecule has 124 valence electrons. The number of hydrogen-bond donors (Lipinski definition) is 1. The van der Waals surface area contributed by atoms with Crippen LogP contribution in [0.15, 0.2) is 28.7 Å². The molecule has 1 aromatic heterocycles. The Morgan fingerprint density at radius 1 is 1.26 bits per heavy atom. The third-order valence-corrected chi connectivity index (χ3v) is 3.49. The first-order valence-electron chi connectivity index (χ1n) is 7.70. The third kappa shape index (κ3) is 4.58. The van der Waals surface area contributed by atoms with Gasteiger partial charge in [-0.05, 0) is 31.2 Å². The number of methoxy groups -OCH3 is 1. The number of rotatable bonds is 5. The molecule has 2 rings (SSSR count). The summed E-state index contributed by atoms with van der Waals surface area (Å²) >= 11 is 0. The zero-order valence-corrected chi connectivity index (χ0v) is 14.4. The molecule has 2 aromatic rings. The Bertz CT molecular complexity index is 667. The van der Waals surface area contributed by atoms with E-state index in [9.17, 15) is 4.79 Å². The van der Waals surface area contributed by atoms with Crippen molar-refractivity contribution in [2.45, 2.75) is 46.0 Å². The van der Waals surface area contributed by atoms with E-state index in [1.807, 2.05) is 31.2 Å². The molecule has 5 heteroatoms. The molecule has 0 radical (unpaired) electrons. The molecule has 0 saturated heterocycles. The van der Waals surface area contributed by atoms with E-state index in [1.165, 1.54) is 0 Å².